The molecule has 0 aliphatic rings. The molecule has 7 nitrogen and oxygen atoms in total. The number of nitrogens with zero attached hydrogens (tertiary/aromatic N) is 1. The van der Waals surface area contributed by atoms with Crippen molar-refractivity contribution in [3.05, 3.63) is 125 Å². The molecule has 0 heterocycles. The van der Waals surface area contributed by atoms with Gasteiger partial charge in [-0.15, -0.1) is 0 Å². The van der Waals surface area contributed by atoms with Gasteiger partial charge in [-0.05, 0) is 61.0 Å². The summed E-state index contributed by atoms with van der Waals surface area (Å²) < 4.78 is 36.3. The Hall–Kier alpha value is -4.43. The molecule has 0 saturated heterocycles. The second-order valence-corrected chi connectivity index (χ2v) is 9.43. The molecule has 0 radical (unpaired) electrons. The topological polar surface area (TPSA) is 94.1 Å². The number of benzene rings is 4. The Morgan fingerprint density at radius 3 is 2.25 bits per heavy atom. The Kier molecular flexibility index (Phi) is 7.77. The van der Waals surface area contributed by atoms with Crippen molar-refractivity contribution >= 4 is 22.2 Å². The van der Waals surface area contributed by atoms with E-state index in [0.29, 0.717) is 23.5 Å². The Labute approximate surface area is 210 Å². The van der Waals surface area contributed by atoms with Crippen LogP contribution < -0.4 is 14.3 Å². The summed E-state index contributed by atoms with van der Waals surface area (Å²) in [5.41, 5.74) is 5.20. The predicted octanol–water partition coefficient (Wildman–Crippen LogP) is 5.11. The summed E-state index contributed by atoms with van der Waals surface area (Å²) in [5, 5.41) is 3.96. The first-order valence-corrected chi connectivity index (χ1v) is 12.5. The second kappa shape index (κ2) is 11.3. The first kappa shape index (κ1) is 24.7. The Bertz CT molecular complexity index is 1450. The Morgan fingerprint density at radius 2 is 1.53 bits per heavy atom. The van der Waals surface area contributed by atoms with E-state index in [0.717, 1.165) is 11.1 Å². The summed E-state index contributed by atoms with van der Waals surface area (Å²) in [4.78, 5) is 12.5. The highest BCUT2D eigenvalue weighted by Crippen LogP contribution is 2.22. The largest absolute Gasteiger partial charge is 0.489 e. The molecule has 4 rings (SSSR count). The molecule has 0 aromatic heterocycles. The zero-order chi connectivity index (χ0) is 25.4. The van der Waals surface area contributed by atoms with Gasteiger partial charge in [-0.3, -0.25) is 4.79 Å². The van der Waals surface area contributed by atoms with Gasteiger partial charge in [0.1, 0.15) is 17.3 Å². The van der Waals surface area contributed by atoms with Crippen LogP contribution in [-0.4, -0.2) is 20.5 Å². The molecule has 182 valence electrons. The number of amides is 1. The van der Waals surface area contributed by atoms with Crippen LogP contribution in [0.4, 0.5) is 0 Å². The highest BCUT2D eigenvalue weighted by molar-refractivity contribution is 7.87. The van der Waals surface area contributed by atoms with Gasteiger partial charge in [0.25, 0.3) is 5.91 Å². The Morgan fingerprint density at radius 1 is 0.861 bits per heavy atom. The van der Waals surface area contributed by atoms with Crippen LogP contribution in [-0.2, 0) is 16.7 Å². The van der Waals surface area contributed by atoms with Crippen molar-refractivity contribution in [2.75, 3.05) is 0 Å². The van der Waals surface area contributed by atoms with Gasteiger partial charge in [0.05, 0.1) is 6.21 Å². The quantitative estimate of drug-likeness (QED) is 0.196. The van der Waals surface area contributed by atoms with Gasteiger partial charge in [0.15, 0.2) is 5.75 Å². The highest BCUT2D eigenvalue weighted by atomic mass is 32.2. The maximum Gasteiger partial charge on any atom is 0.339 e. The number of hydrogen-bond donors (Lipinski definition) is 1. The molecule has 0 atom stereocenters. The summed E-state index contributed by atoms with van der Waals surface area (Å²) in [6.45, 7) is 2.29. The van der Waals surface area contributed by atoms with Crippen molar-refractivity contribution in [1.82, 2.24) is 5.43 Å². The summed E-state index contributed by atoms with van der Waals surface area (Å²) in [5.74, 6) is 0.308. The predicted molar refractivity (Wildman–Crippen MR) is 138 cm³/mol. The SMILES string of the molecule is Cc1ccc(S(=O)(=O)Oc2ccccc2/C=N\NC(=O)c2ccc(OCc3ccccc3)cc2)cc1. The van der Waals surface area contributed by atoms with E-state index in [1.807, 2.05) is 37.3 Å². The molecule has 0 aliphatic carbocycles. The van der Waals surface area contributed by atoms with Gasteiger partial charge in [0, 0.05) is 11.1 Å². The molecule has 4 aromatic rings. The van der Waals surface area contributed by atoms with E-state index in [2.05, 4.69) is 10.5 Å². The summed E-state index contributed by atoms with van der Waals surface area (Å²) >= 11 is 0. The molecule has 1 N–H and O–H groups in total. The fourth-order valence-electron chi connectivity index (χ4n) is 3.20. The third-order valence-electron chi connectivity index (χ3n) is 5.16. The fraction of sp³-hybridized carbons (Fsp3) is 0.0714. The van der Waals surface area contributed by atoms with Crippen molar-refractivity contribution in [1.29, 1.82) is 0 Å². The van der Waals surface area contributed by atoms with Crippen LogP contribution in [0.1, 0.15) is 27.0 Å². The number of hydrogen-bond acceptors (Lipinski definition) is 6. The number of aryl methyl sites for hydroxylation is 1. The number of hydrazone groups is 1. The number of carbonyl (C=O) groups is 1. The average molecular weight is 501 g/mol. The van der Waals surface area contributed by atoms with Gasteiger partial charge >= 0.3 is 10.1 Å². The van der Waals surface area contributed by atoms with Crippen molar-refractivity contribution in [3.8, 4) is 11.5 Å². The lowest BCUT2D eigenvalue weighted by Gasteiger charge is -2.09. The zero-order valence-corrected chi connectivity index (χ0v) is 20.3. The fourth-order valence-corrected chi connectivity index (χ4v) is 4.16. The van der Waals surface area contributed by atoms with Gasteiger partial charge in [-0.1, -0.05) is 60.2 Å². The number of para-hydroxylation sites is 1. The molecule has 36 heavy (non-hydrogen) atoms. The molecule has 0 bridgehead atoms. The van der Waals surface area contributed by atoms with Crippen molar-refractivity contribution in [2.45, 2.75) is 18.4 Å². The van der Waals surface area contributed by atoms with Crippen LogP contribution in [0.15, 0.2) is 113 Å². The van der Waals surface area contributed by atoms with E-state index in [-0.39, 0.29) is 10.6 Å². The van der Waals surface area contributed by atoms with Crippen molar-refractivity contribution in [3.63, 3.8) is 0 Å². The van der Waals surface area contributed by atoms with Crippen LogP contribution in [0.5, 0.6) is 11.5 Å². The van der Waals surface area contributed by atoms with E-state index < -0.39 is 16.0 Å². The maximum absolute atomic E-state index is 12.6. The minimum absolute atomic E-state index is 0.0457. The average Bonchev–Trinajstić information content (AvgIpc) is 2.89. The van der Waals surface area contributed by atoms with Gasteiger partial charge in [-0.2, -0.15) is 13.5 Å². The van der Waals surface area contributed by atoms with Crippen LogP contribution in [0.2, 0.25) is 0 Å². The summed E-state index contributed by atoms with van der Waals surface area (Å²) in [7, 11) is -4.02. The van der Waals surface area contributed by atoms with E-state index in [1.54, 1.807) is 54.6 Å². The van der Waals surface area contributed by atoms with E-state index in [9.17, 15) is 13.2 Å². The first-order chi connectivity index (χ1) is 17.4. The number of nitrogens with one attached hydrogen (secondary N) is 1. The molecule has 0 spiro atoms. The number of ether oxygens (including phenoxy) is 1. The monoisotopic (exact) mass is 500 g/mol. The molecule has 0 saturated carbocycles. The van der Waals surface area contributed by atoms with Crippen molar-refractivity contribution in [2.24, 2.45) is 5.10 Å². The van der Waals surface area contributed by atoms with Gasteiger partial charge < -0.3 is 8.92 Å². The van der Waals surface area contributed by atoms with E-state index >= 15 is 0 Å². The standard InChI is InChI=1S/C28H24N2O5S/c1-21-11-17-26(18-12-21)36(32,33)35-27-10-6-5-9-24(27)19-29-30-28(31)23-13-15-25(16-14-23)34-20-22-7-3-2-4-8-22/h2-19H,20H2,1H3,(H,30,31)/b29-19-. The third kappa shape index (κ3) is 6.58. The van der Waals surface area contributed by atoms with Crippen LogP contribution >= 0.6 is 0 Å². The summed E-state index contributed by atoms with van der Waals surface area (Å²) in [6.07, 6.45) is 1.33. The molecule has 1 amide bonds. The number of carbonyl (C=O) groups excluding carboxylic acids is 1. The lowest BCUT2D eigenvalue weighted by Crippen LogP contribution is -2.17. The molecule has 0 unspecified atom stereocenters. The second-order valence-electron chi connectivity index (χ2n) is 7.89. The third-order valence-corrected chi connectivity index (χ3v) is 6.41. The molecule has 0 aliphatic heterocycles. The Balaban J connectivity index is 1.37. The zero-order valence-electron chi connectivity index (χ0n) is 19.5. The van der Waals surface area contributed by atoms with Crippen LogP contribution in [0.25, 0.3) is 0 Å². The minimum Gasteiger partial charge on any atom is -0.489 e. The van der Waals surface area contributed by atoms with Crippen LogP contribution in [0.3, 0.4) is 0 Å². The van der Waals surface area contributed by atoms with E-state index in [4.69, 9.17) is 8.92 Å². The lowest BCUT2D eigenvalue weighted by atomic mass is 10.2. The number of rotatable bonds is 9. The van der Waals surface area contributed by atoms with Gasteiger partial charge in [-0.25, -0.2) is 5.43 Å². The highest BCUT2D eigenvalue weighted by Gasteiger charge is 2.18. The smallest absolute Gasteiger partial charge is 0.339 e. The van der Waals surface area contributed by atoms with Crippen LogP contribution in [0, 0.1) is 6.92 Å². The maximum atomic E-state index is 12.6. The normalized spacial score (nSPS) is 11.2. The van der Waals surface area contributed by atoms with E-state index in [1.165, 1.54) is 24.4 Å². The van der Waals surface area contributed by atoms with Gasteiger partial charge in [0.2, 0.25) is 0 Å². The molecule has 4 aromatic carbocycles. The molecular formula is C28H24N2O5S. The van der Waals surface area contributed by atoms with Crippen molar-refractivity contribution < 1.29 is 22.1 Å². The lowest BCUT2D eigenvalue weighted by molar-refractivity contribution is 0.0955. The molecule has 8 heteroatoms. The summed E-state index contributed by atoms with van der Waals surface area (Å²) in [6, 6.07) is 29.3. The first-order valence-electron chi connectivity index (χ1n) is 11.1. The minimum atomic E-state index is -4.02. The molecular weight excluding hydrogens is 476 g/mol. The molecule has 0 fully saturated rings.